The van der Waals surface area contributed by atoms with E-state index < -0.39 is 6.10 Å². The third kappa shape index (κ3) is 3.88. The van der Waals surface area contributed by atoms with Crippen molar-refractivity contribution in [1.29, 1.82) is 0 Å². The van der Waals surface area contributed by atoms with Crippen LogP contribution in [0.15, 0.2) is 22.3 Å². The Kier molecular flexibility index (Phi) is 5.58. The molecule has 1 aliphatic heterocycles. The third-order valence-corrected chi connectivity index (χ3v) is 6.22. The molecule has 0 bridgehead atoms. The maximum absolute atomic E-state index is 12.5. The highest BCUT2D eigenvalue weighted by Gasteiger charge is 2.32. The summed E-state index contributed by atoms with van der Waals surface area (Å²) in [7, 11) is 0. The largest absolute Gasteiger partial charge is 0.391 e. The molecule has 2 aromatic heterocycles. The van der Waals surface area contributed by atoms with E-state index in [0.717, 1.165) is 12.1 Å². The predicted octanol–water partition coefficient (Wildman–Crippen LogP) is 2.00. The zero-order valence-corrected chi connectivity index (χ0v) is 16.3. The lowest BCUT2D eigenvalue weighted by Crippen LogP contribution is -2.46. The summed E-state index contributed by atoms with van der Waals surface area (Å²) in [5, 5.41) is 12.6. The Balaban J connectivity index is 1.60. The number of aliphatic hydroxyl groups is 1. The molecule has 1 saturated heterocycles. The molecule has 1 amide bonds. The van der Waals surface area contributed by atoms with Crippen molar-refractivity contribution in [3.63, 3.8) is 0 Å². The Bertz CT molecular complexity index is 858. The lowest BCUT2D eigenvalue weighted by Gasteiger charge is -2.36. The molecule has 6 nitrogen and oxygen atoms in total. The van der Waals surface area contributed by atoms with Crippen molar-refractivity contribution >= 4 is 17.2 Å². The van der Waals surface area contributed by atoms with Crippen LogP contribution in [0, 0.1) is 20.8 Å². The average Bonchev–Trinajstić information content (AvgIpc) is 2.99. The van der Waals surface area contributed by atoms with Gasteiger partial charge in [-0.15, -0.1) is 11.3 Å². The molecule has 26 heavy (non-hydrogen) atoms. The van der Waals surface area contributed by atoms with Crippen molar-refractivity contribution in [2.24, 2.45) is 0 Å². The first-order chi connectivity index (χ1) is 12.4. The first-order valence-electron chi connectivity index (χ1n) is 8.91. The number of carbonyl (C=O) groups is 1. The first-order valence-corrected chi connectivity index (χ1v) is 9.79. The van der Waals surface area contributed by atoms with Gasteiger partial charge in [0.25, 0.3) is 0 Å². The van der Waals surface area contributed by atoms with Gasteiger partial charge in [0.15, 0.2) is 0 Å². The number of piperidine rings is 1. The van der Waals surface area contributed by atoms with E-state index in [2.05, 4.69) is 18.0 Å². The van der Waals surface area contributed by atoms with Crippen molar-refractivity contribution in [2.45, 2.75) is 52.2 Å². The summed E-state index contributed by atoms with van der Waals surface area (Å²) in [6, 6.07) is 3.91. The van der Waals surface area contributed by atoms with E-state index >= 15 is 0 Å². The van der Waals surface area contributed by atoms with Crippen molar-refractivity contribution in [1.82, 2.24) is 14.5 Å². The Hall–Kier alpha value is -1.99. The van der Waals surface area contributed by atoms with Crippen LogP contribution in [0.4, 0.5) is 0 Å². The summed E-state index contributed by atoms with van der Waals surface area (Å²) in [6.07, 6.45) is 0.454. The number of carbonyl (C=O) groups excluding carboxylic acids is 1. The van der Waals surface area contributed by atoms with Crippen LogP contribution in [0.25, 0.3) is 0 Å². The first kappa shape index (κ1) is 18.8. The molecule has 1 aliphatic rings. The van der Waals surface area contributed by atoms with Gasteiger partial charge in [0.2, 0.25) is 5.91 Å². The minimum Gasteiger partial charge on any atom is -0.391 e. The van der Waals surface area contributed by atoms with Gasteiger partial charge in [-0.1, -0.05) is 0 Å². The number of thiophene rings is 1. The maximum Gasteiger partial charge on any atom is 0.347 e. The van der Waals surface area contributed by atoms with Crippen LogP contribution in [0.1, 0.15) is 40.6 Å². The van der Waals surface area contributed by atoms with Crippen molar-refractivity contribution in [2.75, 3.05) is 13.1 Å². The van der Waals surface area contributed by atoms with Gasteiger partial charge < -0.3 is 10.0 Å². The van der Waals surface area contributed by atoms with Crippen molar-refractivity contribution in [3.05, 3.63) is 49.8 Å². The molecule has 1 N–H and O–H groups in total. The summed E-state index contributed by atoms with van der Waals surface area (Å²) in [6.45, 7) is 6.99. The minimum absolute atomic E-state index is 0.0303. The SMILES string of the molecule is Cc1cc(C)n(CCC(=O)N2CC[C@@H](c3sccc3C)[C@H](O)C2)c(=O)n1. The Labute approximate surface area is 157 Å². The van der Waals surface area contributed by atoms with Gasteiger partial charge in [0.05, 0.1) is 6.10 Å². The number of rotatable bonds is 4. The molecule has 0 saturated carbocycles. The highest BCUT2D eigenvalue weighted by Crippen LogP contribution is 2.34. The zero-order chi connectivity index (χ0) is 18.8. The summed E-state index contributed by atoms with van der Waals surface area (Å²) < 4.78 is 1.53. The second kappa shape index (κ2) is 7.72. The van der Waals surface area contributed by atoms with Gasteiger partial charge in [0, 0.05) is 48.2 Å². The van der Waals surface area contributed by atoms with Crippen molar-refractivity contribution in [3.8, 4) is 0 Å². The van der Waals surface area contributed by atoms with Crippen LogP contribution in [-0.2, 0) is 11.3 Å². The quantitative estimate of drug-likeness (QED) is 0.887. The number of aromatic nitrogens is 2. The highest BCUT2D eigenvalue weighted by atomic mass is 32.1. The molecule has 0 radical (unpaired) electrons. The van der Waals surface area contributed by atoms with E-state index in [1.807, 2.05) is 18.4 Å². The molecule has 0 spiro atoms. The predicted molar refractivity (Wildman–Crippen MR) is 102 cm³/mol. The number of hydrogen-bond acceptors (Lipinski definition) is 5. The van der Waals surface area contributed by atoms with Gasteiger partial charge in [-0.2, -0.15) is 4.98 Å². The molecule has 0 aromatic carbocycles. The Morgan fingerprint density at radius 3 is 2.77 bits per heavy atom. The molecule has 140 valence electrons. The summed E-state index contributed by atoms with van der Waals surface area (Å²) in [4.78, 5) is 31.4. The fourth-order valence-electron chi connectivity index (χ4n) is 3.64. The van der Waals surface area contributed by atoms with Crippen molar-refractivity contribution < 1.29 is 9.90 Å². The fraction of sp³-hybridized carbons (Fsp3) is 0.526. The highest BCUT2D eigenvalue weighted by molar-refractivity contribution is 7.10. The molecule has 2 atom stereocenters. The van der Waals surface area contributed by atoms with Gasteiger partial charge in [-0.25, -0.2) is 4.79 Å². The van der Waals surface area contributed by atoms with Gasteiger partial charge in [-0.05, 0) is 50.3 Å². The second-order valence-corrected chi connectivity index (χ2v) is 7.94. The van der Waals surface area contributed by atoms with E-state index in [1.54, 1.807) is 23.2 Å². The summed E-state index contributed by atoms with van der Waals surface area (Å²) in [5.41, 5.74) is 2.38. The smallest absolute Gasteiger partial charge is 0.347 e. The zero-order valence-electron chi connectivity index (χ0n) is 15.4. The lowest BCUT2D eigenvalue weighted by molar-refractivity contribution is -0.134. The normalized spacial score (nSPS) is 20.4. The summed E-state index contributed by atoms with van der Waals surface area (Å²) in [5.74, 6) is 0.0717. The molecule has 1 fully saturated rings. The van der Waals surface area contributed by atoms with Crippen LogP contribution >= 0.6 is 11.3 Å². The Morgan fingerprint density at radius 2 is 2.15 bits per heavy atom. The molecule has 3 heterocycles. The van der Waals surface area contributed by atoms with E-state index in [-0.39, 0.29) is 23.9 Å². The molecular formula is C19H25N3O3S. The van der Waals surface area contributed by atoms with E-state index in [0.29, 0.717) is 25.3 Å². The van der Waals surface area contributed by atoms with Crippen LogP contribution in [0.5, 0.6) is 0 Å². The van der Waals surface area contributed by atoms with Gasteiger partial charge in [-0.3, -0.25) is 9.36 Å². The van der Waals surface area contributed by atoms with Gasteiger partial charge in [0.1, 0.15) is 0 Å². The van der Waals surface area contributed by atoms with E-state index in [9.17, 15) is 14.7 Å². The molecule has 0 aliphatic carbocycles. The number of β-amino-alcohol motifs (C(OH)–C–C–N with tert-alkyl or cyclic N) is 1. The fourth-order valence-corrected chi connectivity index (χ4v) is 4.76. The van der Waals surface area contributed by atoms with Gasteiger partial charge >= 0.3 is 5.69 Å². The average molecular weight is 375 g/mol. The number of nitrogens with zero attached hydrogens (tertiary/aromatic N) is 3. The number of aryl methyl sites for hydroxylation is 3. The molecule has 3 rings (SSSR count). The monoisotopic (exact) mass is 375 g/mol. The third-order valence-electron chi connectivity index (χ3n) is 5.07. The maximum atomic E-state index is 12.5. The number of hydrogen-bond donors (Lipinski definition) is 1. The number of amides is 1. The summed E-state index contributed by atoms with van der Waals surface area (Å²) >= 11 is 1.67. The number of likely N-dealkylation sites (tertiary alicyclic amines) is 1. The standard InChI is InChI=1S/C19H25N3O3S/c1-12-6-9-26-18(12)15-4-7-21(11-16(15)23)17(24)5-8-22-14(3)10-13(2)20-19(22)25/h6,9-10,15-16,23H,4-5,7-8,11H2,1-3H3/t15-,16-/m1/s1. The lowest BCUT2D eigenvalue weighted by atomic mass is 9.90. The van der Waals surface area contributed by atoms with Crippen LogP contribution in [-0.4, -0.2) is 44.7 Å². The van der Waals surface area contributed by atoms with E-state index in [4.69, 9.17) is 0 Å². The minimum atomic E-state index is -0.546. The molecule has 0 unspecified atom stereocenters. The molecule has 7 heteroatoms. The second-order valence-electron chi connectivity index (χ2n) is 6.99. The van der Waals surface area contributed by atoms with E-state index in [1.165, 1.54) is 15.0 Å². The van der Waals surface area contributed by atoms with Crippen LogP contribution < -0.4 is 5.69 Å². The van der Waals surface area contributed by atoms with Crippen LogP contribution in [0.3, 0.4) is 0 Å². The Morgan fingerprint density at radius 1 is 1.38 bits per heavy atom. The van der Waals surface area contributed by atoms with Crippen LogP contribution in [0.2, 0.25) is 0 Å². The number of aliphatic hydroxyl groups excluding tert-OH is 1. The topological polar surface area (TPSA) is 75.4 Å². The molecule has 2 aromatic rings. The molecular weight excluding hydrogens is 350 g/mol.